The summed E-state index contributed by atoms with van der Waals surface area (Å²) in [7, 11) is 0. The number of hydrogen-bond acceptors (Lipinski definition) is 3. The number of rotatable bonds is 6. The molecule has 1 aliphatic rings. The Morgan fingerprint density at radius 2 is 1.44 bits per heavy atom. The van der Waals surface area contributed by atoms with Crippen molar-refractivity contribution in [1.82, 2.24) is 0 Å². The molecule has 0 spiro atoms. The van der Waals surface area contributed by atoms with Gasteiger partial charge in [-0.1, -0.05) is 6.07 Å². The fraction of sp³-hybridized carbons (Fsp3) is 0.600. The Kier molecular flexibility index (Phi) is 4.00. The molecule has 0 aromatic heterocycles. The van der Waals surface area contributed by atoms with Crippen molar-refractivity contribution in [2.24, 2.45) is 0 Å². The minimum absolute atomic E-state index is 0.126. The molecule has 0 radical (unpaired) electrons. The van der Waals surface area contributed by atoms with Gasteiger partial charge in [0.1, 0.15) is 0 Å². The summed E-state index contributed by atoms with van der Waals surface area (Å²) < 4.78 is 17.5. The molecule has 1 aliphatic carbocycles. The monoisotopic (exact) mass is 250 g/mol. The summed E-state index contributed by atoms with van der Waals surface area (Å²) in [6.07, 6.45) is 2.83. The molecule has 2 rings (SSSR count). The average molecular weight is 250 g/mol. The normalized spacial score (nSPS) is 15.0. The first-order valence-electron chi connectivity index (χ1n) is 6.69. The fourth-order valence-corrected chi connectivity index (χ4v) is 1.66. The molecule has 0 unspecified atom stereocenters. The van der Waals surface area contributed by atoms with E-state index in [0.29, 0.717) is 6.10 Å². The van der Waals surface area contributed by atoms with E-state index in [4.69, 9.17) is 14.2 Å². The van der Waals surface area contributed by atoms with Gasteiger partial charge >= 0.3 is 0 Å². The van der Waals surface area contributed by atoms with E-state index in [-0.39, 0.29) is 12.2 Å². The average Bonchev–Trinajstić information content (AvgIpc) is 3.05. The van der Waals surface area contributed by atoms with Gasteiger partial charge in [0.05, 0.1) is 18.3 Å². The van der Waals surface area contributed by atoms with Gasteiger partial charge in [0.15, 0.2) is 11.5 Å². The third-order valence-corrected chi connectivity index (χ3v) is 2.48. The van der Waals surface area contributed by atoms with Gasteiger partial charge in [-0.3, -0.25) is 0 Å². The molecule has 1 aromatic rings. The Balaban J connectivity index is 2.25. The molecule has 0 atom stereocenters. The largest absolute Gasteiger partial charge is 0.487 e. The zero-order valence-electron chi connectivity index (χ0n) is 11.6. The van der Waals surface area contributed by atoms with Crippen molar-refractivity contribution in [3.8, 4) is 17.2 Å². The van der Waals surface area contributed by atoms with E-state index in [1.165, 1.54) is 0 Å². The second-order valence-electron chi connectivity index (χ2n) is 5.23. The molecule has 0 bridgehead atoms. The summed E-state index contributed by atoms with van der Waals surface area (Å²) in [5.41, 5.74) is 0. The van der Waals surface area contributed by atoms with Gasteiger partial charge in [0.2, 0.25) is 5.75 Å². The molecule has 100 valence electrons. The molecule has 1 fully saturated rings. The first kappa shape index (κ1) is 13.1. The number of ether oxygens (including phenoxy) is 3. The van der Waals surface area contributed by atoms with Crippen molar-refractivity contribution in [2.75, 3.05) is 0 Å². The second kappa shape index (κ2) is 5.51. The van der Waals surface area contributed by atoms with E-state index in [1.807, 2.05) is 45.9 Å². The van der Waals surface area contributed by atoms with Crippen LogP contribution in [0.4, 0.5) is 0 Å². The van der Waals surface area contributed by atoms with Crippen LogP contribution in [0.15, 0.2) is 18.2 Å². The van der Waals surface area contributed by atoms with Gasteiger partial charge in [0.25, 0.3) is 0 Å². The van der Waals surface area contributed by atoms with Gasteiger partial charge in [-0.25, -0.2) is 0 Å². The molecule has 18 heavy (non-hydrogen) atoms. The summed E-state index contributed by atoms with van der Waals surface area (Å²) in [5, 5.41) is 0. The minimum atomic E-state index is 0.126. The topological polar surface area (TPSA) is 27.7 Å². The van der Waals surface area contributed by atoms with Gasteiger partial charge in [0, 0.05) is 0 Å². The van der Waals surface area contributed by atoms with Crippen LogP contribution in [0, 0.1) is 0 Å². The summed E-state index contributed by atoms with van der Waals surface area (Å²) in [5.74, 6) is 2.30. The maximum absolute atomic E-state index is 5.94. The third kappa shape index (κ3) is 3.56. The van der Waals surface area contributed by atoms with E-state index in [0.717, 1.165) is 30.1 Å². The molecule has 0 N–H and O–H groups in total. The standard InChI is InChI=1S/C15H22O3/c1-10(2)16-13-6-5-7-14(17-11(3)4)15(13)18-12-8-9-12/h5-7,10-12H,8-9H2,1-4H3. The van der Waals surface area contributed by atoms with Gasteiger partial charge in [-0.05, 0) is 52.7 Å². The summed E-state index contributed by atoms with van der Waals surface area (Å²) >= 11 is 0. The molecular formula is C15H22O3. The summed E-state index contributed by atoms with van der Waals surface area (Å²) in [6.45, 7) is 8.04. The van der Waals surface area contributed by atoms with Crippen LogP contribution in [0.1, 0.15) is 40.5 Å². The lowest BCUT2D eigenvalue weighted by Gasteiger charge is -2.19. The Morgan fingerprint density at radius 1 is 0.944 bits per heavy atom. The number of benzene rings is 1. The quantitative estimate of drug-likeness (QED) is 0.768. The van der Waals surface area contributed by atoms with E-state index in [9.17, 15) is 0 Å². The molecule has 3 heteroatoms. The molecule has 0 amide bonds. The van der Waals surface area contributed by atoms with Crippen LogP contribution in [-0.2, 0) is 0 Å². The van der Waals surface area contributed by atoms with Gasteiger partial charge < -0.3 is 14.2 Å². The van der Waals surface area contributed by atoms with E-state index in [2.05, 4.69) is 0 Å². The van der Waals surface area contributed by atoms with Crippen molar-refractivity contribution < 1.29 is 14.2 Å². The zero-order valence-corrected chi connectivity index (χ0v) is 11.6. The summed E-state index contributed by atoms with van der Waals surface area (Å²) in [4.78, 5) is 0. The second-order valence-corrected chi connectivity index (χ2v) is 5.23. The molecule has 0 heterocycles. The Morgan fingerprint density at radius 3 is 1.83 bits per heavy atom. The van der Waals surface area contributed by atoms with Crippen molar-refractivity contribution >= 4 is 0 Å². The van der Waals surface area contributed by atoms with Crippen LogP contribution in [0.25, 0.3) is 0 Å². The molecular weight excluding hydrogens is 228 g/mol. The lowest BCUT2D eigenvalue weighted by atomic mass is 10.3. The Bertz CT molecular complexity index is 366. The SMILES string of the molecule is CC(C)Oc1cccc(OC(C)C)c1OC1CC1. The third-order valence-electron chi connectivity index (χ3n) is 2.48. The van der Waals surface area contributed by atoms with Gasteiger partial charge in [-0.2, -0.15) is 0 Å². The van der Waals surface area contributed by atoms with Crippen molar-refractivity contribution in [3.05, 3.63) is 18.2 Å². The van der Waals surface area contributed by atoms with Crippen LogP contribution in [-0.4, -0.2) is 18.3 Å². The fourth-order valence-electron chi connectivity index (χ4n) is 1.66. The lowest BCUT2D eigenvalue weighted by molar-refractivity contribution is 0.193. The number of para-hydroxylation sites is 1. The van der Waals surface area contributed by atoms with Crippen LogP contribution in [0.5, 0.6) is 17.2 Å². The predicted molar refractivity (Wildman–Crippen MR) is 71.6 cm³/mol. The Hall–Kier alpha value is -1.38. The van der Waals surface area contributed by atoms with E-state index < -0.39 is 0 Å². The highest BCUT2D eigenvalue weighted by atomic mass is 16.6. The highest BCUT2D eigenvalue weighted by Gasteiger charge is 2.27. The number of hydrogen-bond donors (Lipinski definition) is 0. The summed E-state index contributed by atoms with van der Waals surface area (Å²) in [6, 6.07) is 5.81. The highest BCUT2D eigenvalue weighted by Crippen LogP contribution is 2.41. The molecule has 0 saturated heterocycles. The van der Waals surface area contributed by atoms with Crippen LogP contribution < -0.4 is 14.2 Å². The Labute approximate surface area is 109 Å². The molecule has 1 aromatic carbocycles. The molecule has 3 nitrogen and oxygen atoms in total. The van der Waals surface area contributed by atoms with Crippen LogP contribution in [0.3, 0.4) is 0 Å². The van der Waals surface area contributed by atoms with Crippen molar-refractivity contribution in [3.63, 3.8) is 0 Å². The van der Waals surface area contributed by atoms with Crippen molar-refractivity contribution in [2.45, 2.75) is 58.8 Å². The maximum Gasteiger partial charge on any atom is 0.203 e. The zero-order chi connectivity index (χ0) is 13.1. The minimum Gasteiger partial charge on any atom is -0.487 e. The van der Waals surface area contributed by atoms with Crippen LogP contribution >= 0.6 is 0 Å². The molecule has 1 saturated carbocycles. The smallest absolute Gasteiger partial charge is 0.203 e. The molecule has 0 aliphatic heterocycles. The van der Waals surface area contributed by atoms with E-state index >= 15 is 0 Å². The van der Waals surface area contributed by atoms with Crippen molar-refractivity contribution in [1.29, 1.82) is 0 Å². The van der Waals surface area contributed by atoms with Gasteiger partial charge in [-0.15, -0.1) is 0 Å². The van der Waals surface area contributed by atoms with E-state index in [1.54, 1.807) is 0 Å². The van der Waals surface area contributed by atoms with Crippen LogP contribution in [0.2, 0.25) is 0 Å². The highest BCUT2D eigenvalue weighted by molar-refractivity contribution is 5.51. The maximum atomic E-state index is 5.94. The first-order valence-corrected chi connectivity index (χ1v) is 6.69. The predicted octanol–water partition coefficient (Wildman–Crippen LogP) is 3.80. The first-order chi connectivity index (χ1) is 8.56. The lowest BCUT2D eigenvalue weighted by Crippen LogP contribution is -2.11.